The predicted molar refractivity (Wildman–Crippen MR) is 101 cm³/mol. The minimum atomic E-state index is -4.31. The molecule has 1 heterocycles. The van der Waals surface area contributed by atoms with E-state index in [-0.39, 0.29) is 31.4 Å². The largest absolute Gasteiger partial charge is 0.411 e. The van der Waals surface area contributed by atoms with Gasteiger partial charge in [-0.25, -0.2) is 9.18 Å². The molecule has 0 spiro atoms. The Balaban J connectivity index is 1.55. The number of urea groups is 1. The molecule has 1 aliphatic heterocycles. The van der Waals surface area contributed by atoms with E-state index >= 15 is 0 Å². The third-order valence-electron chi connectivity index (χ3n) is 4.52. The summed E-state index contributed by atoms with van der Waals surface area (Å²) in [4.78, 5) is 27.7. The maximum Gasteiger partial charge on any atom is 0.411 e. The summed E-state index contributed by atoms with van der Waals surface area (Å²) in [6.45, 7) is 1.68. The zero-order valence-corrected chi connectivity index (χ0v) is 16.5. The van der Waals surface area contributed by atoms with Crippen molar-refractivity contribution in [1.29, 1.82) is 0 Å². The minimum absolute atomic E-state index is 0.0373. The molecule has 0 unspecified atom stereocenters. The number of hydrogen-bond acceptors (Lipinski definition) is 4. The Kier molecular flexibility index (Phi) is 9.31. The highest BCUT2D eigenvalue weighted by molar-refractivity contribution is 5.84. The van der Waals surface area contributed by atoms with Gasteiger partial charge in [-0.1, -0.05) is 12.1 Å². The van der Waals surface area contributed by atoms with Gasteiger partial charge in [0.25, 0.3) is 0 Å². The SMILES string of the molecule is O=C(NCC(=O)N1CCN(CCCOCC(F)(F)F)CC1)NCc1ccc(F)cc1. The Morgan fingerprint density at radius 3 is 2.33 bits per heavy atom. The van der Waals surface area contributed by atoms with Gasteiger partial charge in [-0.15, -0.1) is 0 Å². The molecule has 1 fully saturated rings. The van der Waals surface area contributed by atoms with Crippen molar-refractivity contribution in [1.82, 2.24) is 20.4 Å². The Bertz CT molecular complexity index is 677. The van der Waals surface area contributed by atoms with Crippen molar-refractivity contribution in [2.45, 2.75) is 19.1 Å². The normalized spacial score (nSPS) is 15.1. The summed E-state index contributed by atoms with van der Waals surface area (Å²) in [6, 6.07) is 5.22. The number of hydrogen-bond donors (Lipinski definition) is 2. The lowest BCUT2D eigenvalue weighted by Crippen LogP contribution is -2.52. The molecule has 1 aromatic carbocycles. The number of rotatable bonds is 9. The molecule has 0 saturated carbocycles. The van der Waals surface area contributed by atoms with Crippen LogP contribution in [-0.2, 0) is 16.1 Å². The Labute approximate surface area is 172 Å². The fourth-order valence-electron chi connectivity index (χ4n) is 2.91. The number of nitrogens with zero attached hydrogens (tertiary/aromatic N) is 2. The smallest absolute Gasteiger partial charge is 0.372 e. The van der Waals surface area contributed by atoms with Crippen LogP contribution in [0.2, 0.25) is 0 Å². The first-order chi connectivity index (χ1) is 14.2. The lowest BCUT2D eigenvalue weighted by molar-refractivity contribution is -0.174. The zero-order valence-electron chi connectivity index (χ0n) is 16.5. The third-order valence-corrected chi connectivity index (χ3v) is 4.52. The quantitative estimate of drug-likeness (QED) is 0.459. The van der Waals surface area contributed by atoms with Gasteiger partial charge in [0.15, 0.2) is 0 Å². The van der Waals surface area contributed by atoms with Gasteiger partial charge in [0, 0.05) is 45.9 Å². The van der Waals surface area contributed by atoms with E-state index in [0.717, 1.165) is 5.56 Å². The molecule has 0 aliphatic carbocycles. The van der Waals surface area contributed by atoms with Crippen LogP contribution < -0.4 is 10.6 Å². The summed E-state index contributed by atoms with van der Waals surface area (Å²) in [7, 11) is 0. The van der Waals surface area contributed by atoms with Crippen LogP contribution in [0.5, 0.6) is 0 Å². The van der Waals surface area contributed by atoms with Gasteiger partial charge in [0.2, 0.25) is 5.91 Å². The molecule has 30 heavy (non-hydrogen) atoms. The van der Waals surface area contributed by atoms with E-state index in [1.165, 1.54) is 12.1 Å². The zero-order chi connectivity index (χ0) is 22.0. The maximum atomic E-state index is 12.8. The highest BCUT2D eigenvalue weighted by Gasteiger charge is 2.27. The van der Waals surface area contributed by atoms with Gasteiger partial charge in [-0.05, 0) is 24.1 Å². The second kappa shape index (κ2) is 11.7. The van der Waals surface area contributed by atoms with E-state index in [2.05, 4.69) is 20.3 Å². The van der Waals surface area contributed by atoms with Crippen LogP contribution in [0.4, 0.5) is 22.4 Å². The number of alkyl halides is 3. The molecule has 0 atom stereocenters. The van der Waals surface area contributed by atoms with Crippen molar-refractivity contribution >= 4 is 11.9 Å². The first-order valence-electron chi connectivity index (χ1n) is 9.64. The van der Waals surface area contributed by atoms with Crippen LogP contribution in [0.25, 0.3) is 0 Å². The first-order valence-corrected chi connectivity index (χ1v) is 9.64. The van der Waals surface area contributed by atoms with Crippen LogP contribution in [-0.4, -0.2) is 80.4 Å². The molecule has 3 amide bonds. The summed E-state index contributed by atoms with van der Waals surface area (Å²) < 4.78 is 53.4. The van der Waals surface area contributed by atoms with Crippen molar-refractivity contribution < 1.29 is 31.9 Å². The molecule has 1 aromatic rings. The highest BCUT2D eigenvalue weighted by Crippen LogP contribution is 2.14. The van der Waals surface area contributed by atoms with Gasteiger partial charge < -0.3 is 20.3 Å². The lowest BCUT2D eigenvalue weighted by Gasteiger charge is -2.34. The number of piperazine rings is 1. The Morgan fingerprint density at radius 2 is 1.70 bits per heavy atom. The average Bonchev–Trinajstić information content (AvgIpc) is 2.71. The topological polar surface area (TPSA) is 73.9 Å². The lowest BCUT2D eigenvalue weighted by atomic mass is 10.2. The van der Waals surface area contributed by atoms with E-state index in [1.54, 1.807) is 17.0 Å². The molecule has 11 heteroatoms. The van der Waals surface area contributed by atoms with Crippen LogP contribution in [0.3, 0.4) is 0 Å². The molecule has 2 rings (SSSR count). The molecular weight excluding hydrogens is 408 g/mol. The van der Waals surface area contributed by atoms with Crippen molar-refractivity contribution in [3.63, 3.8) is 0 Å². The van der Waals surface area contributed by atoms with Gasteiger partial charge in [-0.2, -0.15) is 13.2 Å². The average molecular weight is 434 g/mol. The van der Waals surface area contributed by atoms with E-state index in [4.69, 9.17) is 0 Å². The van der Waals surface area contributed by atoms with Gasteiger partial charge in [-0.3, -0.25) is 9.69 Å². The molecule has 7 nitrogen and oxygen atoms in total. The molecule has 1 saturated heterocycles. The summed E-state index contributed by atoms with van der Waals surface area (Å²) >= 11 is 0. The van der Waals surface area contributed by atoms with E-state index in [1.807, 2.05) is 0 Å². The highest BCUT2D eigenvalue weighted by atomic mass is 19.4. The second-order valence-corrected chi connectivity index (χ2v) is 6.91. The number of benzene rings is 1. The van der Waals surface area contributed by atoms with E-state index < -0.39 is 18.8 Å². The van der Waals surface area contributed by atoms with E-state index in [9.17, 15) is 27.2 Å². The van der Waals surface area contributed by atoms with Crippen molar-refractivity contribution in [3.8, 4) is 0 Å². The molecule has 0 bridgehead atoms. The molecule has 1 aliphatic rings. The third kappa shape index (κ3) is 9.40. The summed E-state index contributed by atoms with van der Waals surface area (Å²) in [5.74, 6) is -0.566. The van der Waals surface area contributed by atoms with E-state index in [0.29, 0.717) is 39.1 Å². The molecule has 0 radical (unpaired) electrons. The van der Waals surface area contributed by atoms with Crippen LogP contribution in [0, 0.1) is 5.82 Å². The van der Waals surface area contributed by atoms with Crippen molar-refractivity contribution in [2.75, 3.05) is 52.5 Å². The van der Waals surface area contributed by atoms with Crippen LogP contribution in [0.1, 0.15) is 12.0 Å². The second-order valence-electron chi connectivity index (χ2n) is 6.91. The fourth-order valence-corrected chi connectivity index (χ4v) is 2.91. The Hall–Kier alpha value is -2.40. The summed E-state index contributed by atoms with van der Waals surface area (Å²) in [5.41, 5.74) is 0.734. The van der Waals surface area contributed by atoms with Gasteiger partial charge in [0.1, 0.15) is 12.4 Å². The number of amides is 3. The predicted octanol–water partition coefficient (Wildman–Crippen LogP) is 1.74. The molecule has 2 N–H and O–H groups in total. The van der Waals surface area contributed by atoms with Crippen molar-refractivity contribution in [2.24, 2.45) is 0 Å². The summed E-state index contributed by atoms with van der Waals surface area (Å²) in [6.07, 6.45) is -3.82. The number of ether oxygens (including phenoxy) is 1. The molecular formula is C19H26F4N4O3. The van der Waals surface area contributed by atoms with Crippen molar-refractivity contribution in [3.05, 3.63) is 35.6 Å². The monoisotopic (exact) mass is 434 g/mol. The van der Waals surface area contributed by atoms with Gasteiger partial charge >= 0.3 is 12.2 Å². The number of nitrogens with one attached hydrogen (secondary N) is 2. The first kappa shape index (κ1) is 23.9. The van der Waals surface area contributed by atoms with Gasteiger partial charge in [0.05, 0.1) is 6.54 Å². The number of carbonyl (C=O) groups is 2. The Morgan fingerprint density at radius 1 is 1.03 bits per heavy atom. The van der Waals surface area contributed by atoms with Crippen LogP contribution in [0.15, 0.2) is 24.3 Å². The molecule has 168 valence electrons. The molecule has 0 aromatic heterocycles. The minimum Gasteiger partial charge on any atom is -0.372 e. The maximum absolute atomic E-state index is 12.8. The number of carbonyl (C=O) groups excluding carboxylic acids is 2. The van der Waals surface area contributed by atoms with Crippen LogP contribution >= 0.6 is 0 Å². The fraction of sp³-hybridized carbons (Fsp3) is 0.579. The standard InChI is InChI=1S/C19H26F4N4O3/c20-16-4-2-15(3-5-16)12-24-18(29)25-13-17(28)27-9-7-26(8-10-27)6-1-11-30-14-19(21,22)23/h2-5H,1,6-14H2,(H2,24,25,29). The summed E-state index contributed by atoms with van der Waals surface area (Å²) in [5, 5.41) is 5.09. The number of halogens is 4.